The second kappa shape index (κ2) is 6.64. The first kappa shape index (κ1) is 15.4. The highest BCUT2D eigenvalue weighted by molar-refractivity contribution is 9.10. The van der Waals surface area contributed by atoms with E-state index in [0.717, 1.165) is 25.9 Å². The maximum absolute atomic E-state index is 5.47. The number of hydrogen-bond acceptors (Lipinski definition) is 2. The van der Waals surface area contributed by atoms with Crippen LogP contribution < -0.4 is 10.1 Å². The molecule has 0 aliphatic heterocycles. The Hall–Kier alpha value is -1.00. The molecule has 1 unspecified atom stereocenters. The van der Waals surface area contributed by atoms with Crippen LogP contribution in [0.4, 0.5) is 5.69 Å². The minimum Gasteiger partial charge on any atom is -0.495 e. The van der Waals surface area contributed by atoms with Crippen molar-refractivity contribution in [3.8, 4) is 5.75 Å². The number of rotatable bonds is 4. The van der Waals surface area contributed by atoms with Gasteiger partial charge < -0.3 is 10.1 Å². The molecule has 0 aromatic heterocycles. The standard InChI is InChI=1S/C16H17Br2NO/c1-10-8-12(17)9-15(20-3)16(10)19-11(2)13-6-4-5-7-14(13)18/h4-9,11,19H,1-3H3. The molecule has 1 N–H and O–H groups in total. The average molecular weight is 399 g/mol. The summed E-state index contributed by atoms with van der Waals surface area (Å²) < 4.78 is 7.59. The summed E-state index contributed by atoms with van der Waals surface area (Å²) in [7, 11) is 1.69. The molecule has 106 valence electrons. The smallest absolute Gasteiger partial charge is 0.143 e. The van der Waals surface area contributed by atoms with Gasteiger partial charge in [-0.25, -0.2) is 0 Å². The molecule has 0 amide bonds. The van der Waals surface area contributed by atoms with Crippen molar-refractivity contribution < 1.29 is 4.74 Å². The molecule has 0 aliphatic rings. The molecule has 0 aliphatic carbocycles. The minimum atomic E-state index is 0.180. The van der Waals surface area contributed by atoms with Gasteiger partial charge in [-0.2, -0.15) is 0 Å². The number of ether oxygens (including phenoxy) is 1. The molecule has 2 aromatic rings. The lowest BCUT2D eigenvalue weighted by molar-refractivity contribution is 0.415. The summed E-state index contributed by atoms with van der Waals surface area (Å²) in [6.07, 6.45) is 0. The zero-order valence-electron chi connectivity index (χ0n) is 11.7. The third kappa shape index (κ3) is 3.36. The Bertz CT molecular complexity index is 613. The van der Waals surface area contributed by atoms with E-state index in [9.17, 15) is 0 Å². The van der Waals surface area contributed by atoms with Crippen molar-refractivity contribution in [2.45, 2.75) is 19.9 Å². The maximum atomic E-state index is 5.47. The predicted molar refractivity (Wildman–Crippen MR) is 91.6 cm³/mol. The molecule has 0 fully saturated rings. The molecule has 0 saturated carbocycles. The van der Waals surface area contributed by atoms with Gasteiger partial charge in [-0.3, -0.25) is 0 Å². The summed E-state index contributed by atoms with van der Waals surface area (Å²) in [6.45, 7) is 4.21. The summed E-state index contributed by atoms with van der Waals surface area (Å²) >= 11 is 7.09. The maximum Gasteiger partial charge on any atom is 0.143 e. The summed E-state index contributed by atoms with van der Waals surface area (Å²) in [4.78, 5) is 0. The molecule has 0 bridgehead atoms. The highest BCUT2D eigenvalue weighted by Gasteiger charge is 2.14. The van der Waals surface area contributed by atoms with Gasteiger partial charge in [0.05, 0.1) is 12.8 Å². The Morgan fingerprint density at radius 1 is 1.15 bits per heavy atom. The van der Waals surface area contributed by atoms with Gasteiger partial charge in [0.2, 0.25) is 0 Å². The van der Waals surface area contributed by atoms with Crippen LogP contribution in [0, 0.1) is 6.92 Å². The van der Waals surface area contributed by atoms with Crippen LogP contribution in [-0.4, -0.2) is 7.11 Å². The number of methoxy groups -OCH3 is 1. The lowest BCUT2D eigenvalue weighted by Crippen LogP contribution is -2.09. The van der Waals surface area contributed by atoms with E-state index < -0.39 is 0 Å². The van der Waals surface area contributed by atoms with Crippen molar-refractivity contribution in [3.05, 3.63) is 56.5 Å². The van der Waals surface area contributed by atoms with Crippen molar-refractivity contribution >= 4 is 37.5 Å². The van der Waals surface area contributed by atoms with E-state index in [-0.39, 0.29) is 6.04 Å². The Balaban J connectivity index is 2.33. The molecular formula is C16H17Br2NO. The SMILES string of the molecule is COc1cc(Br)cc(C)c1NC(C)c1ccccc1Br. The number of anilines is 1. The van der Waals surface area contributed by atoms with Crippen molar-refractivity contribution in [1.29, 1.82) is 0 Å². The van der Waals surface area contributed by atoms with E-state index in [0.29, 0.717) is 0 Å². The highest BCUT2D eigenvalue weighted by Crippen LogP contribution is 2.35. The molecular weight excluding hydrogens is 382 g/mol. The van der Waals surface area contributed by atoms with Crippen LogP contribution in [0.5, 0.6) is 5.75 Å². The van der Waals surface area contributed by atoms with Crippen LogP contribution in [0.15, 0.2) is 45.3 Å². The lowest BCUT2D eigenvalue weighted by Gasteiger charge is -2.21. The van der Waals surface area contributed by atoms with Gasteiger partial charge in [0, 0.05) is 15.0 Å². The summed E-state index contributed by atoms with van der Waals surface area (Å²) in [6, 6.07) is 12.5. The Morgan fingerprint density at radius 2 is 1.85 bits per heavy atom. The van der Waals surface area contributed by atoms with Crippen molar-refractivity contribution in [1.82, 2.24) is 0 Å². The number of hydrogen-bond donors (Lipinski definition) is 1. The first-order valence-corrected chi connectivity index (χ1v) is 7.96. The molecule has 0 spiro atoms. The molecule has 2 aromatic carbocycles. The van der Waals surface area contributed by atoms with E-state index >= 15 is 0 Å². The summed E-state index contributed by atoms with van der Waals surface area (Å²) in [5, 5.41) is 3.54. The third-order valence-electron chi connectivity index (χ3n) is 3.22. The predicted octanol–water partition coefficient (Wildman–Crippen LogP) is 5.70. The second-order valence-corrected chi connectivity index (χ2v) is 6.46. The number of aryl methyl sites for hydroxylation is 1. The number of nitrogens with one attached hydrogen (secondary N) is 1. The molecule has 2 rings (SSSR count). The average Bonchev–Trinajstić information content (AvgIpc) is 2.41. The van der Waals surface area contributed by atoms with Gasteiger partial charge in [0.15, 0.2) is 0 Å². The Morgan fingerprint density at radius 3 is 2.50 bits per heavy atom. The van der Waals surface area contributed by atoms with Crippen LogP contribution in [0.1, 0.15) is 24.1 Å². The Labute approximate surface area is 136 Å². The fraction of sp³-hybridized carbons (Fsp3) is 0.250. The monoisotopic (exact) mass is 397 g/mol. The van der Waals surface area contributed by atoms with Gasteiger partial charge in [-0.1, -0.05) is 50.1 Å². The zero-order chi connectivity index (χ0) is 14.7. The quantitative estimate of drug-likeness (QED) is 0.712. The largest absolute Gasteiger partial charge is 0.495 e. The van der Waals surface area contributed by atoms with Crippen LogP contribution in [-0.2, 0) is 0 Å². The van der Waals surface area contributed by atoms with Crippen molar-refractivity contribution in [2.24, 2.45) is 0 Å². The van der Waals surface area contributed by atoms with Gasteiger partial charge in [0.25, 0.3) is 0 Å². The fourth-order valence-corrected chi connectivity index (χ4v) is 3.36. The van der Waals surface area contributed by atoms with Gasteiger partial charge in [-0.05, 0) is 43.2 Å². The van der Waals surface area contributed by atoms with Gasteiger partial charge >= 0.3 is 0 Å². The third-order valence-corrected chi connectivity index (χ3v) is 4.40. The van der Waals surface area contributed by atoms with Crippen molar-refractivity contribution in [3.63, 3.8) is 0 Å². The summed E-state index contributed by atoms with van der Waals surface area (Å²) in [5.41, 5.74) is 3.39. The Kier molecular flexibility index (Phi) is 5.11. The minimum absolute atomic E-state index is 0.180. The van der Waals surface area contributed by atoms with E-state index in [4.69, 9.17) is 4.74 Å². The zero-order valence-corrected chi connectivity index (χ0v) is 14.9. The van der Waals surface area contributed by atoms with Gasteiger partial charge in [0.1, 0.15) is 5.75 Å². The van der Waals surface area contributed by atoms with Crippen molar-refractivity contribution in [2.75, 3.05) is 12.4 Å². The molecule has 0 heterocycles. The summed E-state index contributed by atoms with van der Waals surface area (Å²) in [5.74, 6) is 0.843. The fourth-order valence-electron chi connectivity index (χ4n) is 2.18. The molecule has 20 heavy (non-hydrogen) atoms. The second-order valence-electron chi connectivity index (χ2n) is 4.69. The van der Waals surface area contributed by atoms with E-state index in [1.165, 1.54) is 5.56 Å². The number of halogens is 2. The lowest BCUT2D eigenvalue weighted by atomic mass is 10.1. The van der Waals surface area contributed by atoms with Crippen LogP contribution in [0.2, 0.25) is 0 Å². The molecule has 2 nitrogen and oxygen atoms in total. The normalized spacial score (nSPS) is 12.1. The first-order valence-electron chi connectivity index (χ1n) is 6.38. The van der Waals surface area contributed by atoms with E-state index in [2.05, 4.69) is 69.2 Å². The molecule has 0 saturated heterocycles. The van der Waals surface area contributed by atoms with Crippen LogP contribution in [0.3, 0.4) is 0 Å². The molecule has 1 atom stereocenters. The number of benzene rings is 2. The van der Waals surface area contributed by atoms with Crippen LogP contribution >= 0.6 is 31.9 Å². The first-order chi connectivity index (χ1) is 9.52. The van der Waals surface area contributed by atoms with Gasteiger partial charge in [-0.15, -0.1) is 0 Å². The molecule has 4 heteroatoms. The van der Waals surface area contributed by atoms with E-state index in [1.807, 2.05) is 18.2 Å². The highest BCUT2D eigenvalue weighted by atomic mass is 79.9. The van der Waals surface area contributed by atoms with Crippen LogP contribution in [0.25, 0.3) is 0 Å². The molecule has 0 radical (unpaired) electrons. The topological polar surface area (TPSA) is 21.3 Å². The van der Waals surface area contributed by atoms with E-state index in [1.54, 1.807) is 7.11 Å².